The number of hydrogen-bond acceptors (Lipinski definition) is 4. The summed E-state index contributed by atoms with van der Waals surface area (Å²) in [5.41, 5.74) is -1.61. The lowest BCUT2D eigenvalue weighted by molar-refractivity contribution is -0.141. The summed E-state index contributed by atoms with van der Waals surface area (Å²) >= 11 is 0. The molecule has 130 valence electrons. The maximum absolute atomic E-state index is 14.1. The second-order valence-corrected chi connectivity index (χ2v) is 7.27. The number of fused-ring (bicyclic) bond motifs is 1. The van der Waals surface area contributed by atoms with Crippen molar-refractivity contribution in [1.29, 1.82) is 0 Å². The monoisotopic (exact) mass is 335 g/mol. The number of piperidine rings is 1. The van der Waals surface area contributed by atoms with Crippen molar-refractivity contribution < 1.29 is 14.0 Å². The Morgan fingerprint density at radius 2 is 2.17 bits per heavy atom. The van der Waals surface area contributed by atoms with E-state index >= 15 is 0 Å². The first-order valence-electron chi connectivity index (χ1n) is 8.57. The summed E-state index contributed by atoms with van der Waals surface area (Å²) in [4.78, 5) is 32.0. The van der Waals surface area contributed by atoms with Crippen LogP contribution >= 0.6 is 0 Å². The Labute approximate surface area is 139 Å². The van der Waals surface area contributed by atoms with Crippen LogP contribution in [0.5, 0.6) is 0 Å². The molecule has 3 fully saturated rings. The molecule has 7 nitrogen and oxygen atoms in total. The second-order valence-electron chi connectivity index (χ2n) is 7.27. The number of aromatic nitrogens is 3. The number of carbonyl (C=O) groups is 2. The highest BCUT2D eigenvalue weighted by Gasteiger charge is 2.55. The Morgan fingerprint density at radius 1 is 1.38 bits per heavy atom. The van der Waals surface area contributed by atoms with Crippen LogP contribution in [-0.2, 0) is 16.1 Å². The van der Waals surface area contributed by atoms with Crippen molar-refractivity contribution in [2.45, 2.75) is 56.9 Å². The van der Waals surface area contributed by atoms with Gasteiger partial charge in [0.1, 0.15) is 12.7 Å². The van der Waals surface area contributed by atoms with Gasteiger partial charge in [0.25, 0.3) is 5.91 Å². The quantitative estimate of drug-likeness (QED) is 0.812. The summed E-state index contributed by atoms with van der Waals surface area (Å²) in [6.07, 6.45) is 5.37. The van der Waals surface area contributed by atoms with E-state index in [0.717, 1.165) is 12.8 Å². The standard InChI is InChI=1S/C16H22FN5O2/c1-11(23)22-13(8-21-10-18-9-19-21)6-12-7-20(5-2-14(12)22)15(24)16(17)3-4-16/h9-10,12-14H,2-8H2,1H3/t12-,13+,14+/m1/s1. The number of likely N-dealkylation sites (tertiary alicyclic amines) is 2. The van der Waals surface area contributed by atoms with Crippen molar-refractivity contribution in [1.82, 2.24) is 24.6 Å². The van der Waals surface area contributed by atoms with Crippen LogP contribution in [0.1, 0.15) is 32.6 Å². The molecule has 3 aliphatic rings. The molecule has 4 rings (SSSR count). The molecule has 3 atom stereocenters. The largest absolute Gasteiger partial charge is 0.339 e. The number of rotatable bonds is 3. The van der Waals surface area contributed by atoms with E-state index in [1.165, 1.54) is 6.33 Å². The topological polar surface area (TPSA) is 71.3 Å². The van der Waals surface area contributed by atoms with Crippen LogP contribution in [0.3, 0.4) is 0 Å². The molecule has 0 spiro atoms. The fourth-order valence-corrected chi connectivity index (χ4v) is 4.34. The minimum Gasteiger partial charge on any atom is -0.339 e. The zero-order valence-corrected chi connectivity index (χ0v) is 13.8. The number of hydrogen-bond donors (Lipinski definition) is 0. The highest BCUT2D eigenvalue weighted by molar-refractivity contribution is 5.88. The Morgan fingerprint density at radius 3 is 2.79 bits per heavy atom. The summed E-state index contributed by atoms with van der Waals surface area (Å²) in [6, 6.07) is 0.185. The van der Waals surface area contributed by atoms with Gasteiger partial charge < -0.3 is 9.80 Å². The molecule has 0 bridgehead atoms. The molecule has 1 aromatic rings. The van der Waals surface area contributed by atoms with Gasteiger partial charge in [-0.25, -0.2) is 9.37 Å². The zero-order valence-electron chi connectivity index (χ0n) is 13.8. The molecular formula is C16H22FN5O2. The molecule has 1 saturated carbocycles. The lowest BCUT2D eigenvalue weighted by atomic mass is 9.91. The molecule has 2 amide bonds. The molecule has 1 aromatic heterocycles. The normalized spacial score (nSPS) is 31.0. The average molecular weight is 335 g/mol. The Balaban J connectivity index is 1.48. The number of carbonyl (C=O) groups excluding carboxylic acids is 2. The summed E-state index contributed by atoms with van der Waals surface area (Å²) in [6.45, 7) is 3.28. The Kier molecular flexibility index (Phi) is 3.58. The van der Waals surface area contributed by atoms with E-state index in [9.17, 15) is 14.0 Å². The van der Waals surface area contributed by atoms with Gasteiger partial charge in [-0.15, -0.1) is 0 Å². The van der Waals surface area contributed by atoms with Crippen molar-refractivity contribution in [3.8, 4) is 0 Å². The molecule has 0 unspecified atom stereocenters. The van der Waals surface area contributed by atoms with Gasteiger partial charge in [-0.2, -0.15) is 5.10 Å². The highest BCUT2D eigenvalue weighted by atomic mass is 19.1. The Bertz CT molecular complexity index is 645. The first-order chi connectivity index (χ1) is 11.5. The van der Waals surface area contributed by atoms with Crippen LogP contribution < -0.4 is 0 Å². The van der Waals surface area contributed by atoms with E-state index in [4.69, 9.17) is 0 Å². The molecular weight excluding hydrogens is 313 g/mol. The summed E-state index contributed by atoms with van der Waals surface area (Å²) in [7, 11) is 0. The molecule has 2 aliphatic heterocycles. The fourth-order valence-electron chi connectivity index (χ4n) is 4.34. The van der Waals surface area contributed by atoms with E-state index < -0.39 is 5.67 Å². The first-order valence-corrected chi connectivity index (χ1v) is 8.57. The van der Waals surface area contributed by atoms with E-state index in [1.807, 2.05) is 4.90 Å². The third kappa shape index (κ3) is 2.57. The molecule has 24 heavy (non-hydrogen) atoms. The van der Waals surface area contributed by atoms with Crippen LogP contribution in [0, 0.1) is 5.92 Å². The highest BCUT2D eigenvalue weighted by Crippen LogP contribution is 2.43. The third-order valence-corrected chi connectivity index (χ3v) is 5.61. The van der Waals surface area contributed by atoms with Gasteiger partial charge in [-0.05, 0) is 31.6 Å². The first kappa shape index (κ1) is 15.5. The summed E-state index contributed by atoms with van der Waals surface area (Å²) < 4.78 is 15.8. The van der Waals surface area contributed by atoms with Gasteiger partial charge in [-0.3, -0.25) is 14.3 Å². The number of alkyl halides is 1. The molecule has 0 N–H and O–H groups in total. The van der Waals surface area contributed by atoms with Crippen LogP contribution in [0.15, 0.2) is 12.7 Å². The lowest BCUT2D eigenvalue weighted by Crippen LogP contribution is -2.52. The van der Waals surface area contributed by atoms with Crippen molar-refractivity contribution in [3.63, 3.8) is 0 Å². The van der Waals surface area contributed by atoms with Crippen molar-refractivity contribution in [3.05, 3.63) is 12.7 Å². The maximum atomic E-state index is 14.1. The molecule has 0 radical (unpaired) electrons. The summed E-state index contributed by atoms with van der Waals surface area (Å²) in [5, 5.41) is 4.13. The predicted octanol–water partition coefficient (Wildman–Crippen LogP) is 0.618. The molecule has 2 saturated heterocycles. The third-order valence-electron chi connectivity index (χ3n) is 5.61. The molecule has 3 heterocycles. The predicted molar refractivity (Wildman–Crippen MR) is 82.5 cm³/mol. The number of amides is 2. The van der Waals surface area contributed by atoms with Crippen molar-refractivity contribution in [2.24, 2.45) is 5.92 Å². The Hall–Kier alpha value is -1.99. The van der Waals surface area contributed by atoms with Crippen LogP contribution in [0.2, 0.25) is 0 Å². The van der Waals surface area contributed by atoms with Gasteiger partial charge in [0.15, 0.2) is 5.67 Å². The van der Waals surface area contributed by atoms with E-state index in [0.29, 0.717) is 32.5 Å². The minimum absolute atomic E-state index is 0.0505. The van der Waals surface area contributed by atoms with Gasteiger partial charge in [-0.1, -0.05) is 0 Å². The van der Waals surface area contributed by atoms with Gasteiger partial charge in [0.05, 0.1) is 12.6 Å². The smallest absolute Gasteiger partial charge is 0.260 e. The minimum atomic E-state index is -1.61. The van der Waals surface area contributed by atoms with Crippen molar-refractivity contribution >= 4 is 11.8 Å². The van der Waals surface area contributed by atoms with E-state index in [-0.39, 0.29) is 29.8 Å². The van der Waals surface area contributed by atoms with Crippen LogP contribution in [-0.4, -0.2) is 67.2 Å². The maximum Gasteiger partial charge on any atom is 0.260 e. The fraction of sp³-hybridized carbons (Fsp3) is 0.750. The van der Waals surface area contributed by atoms with Gasteiger partial charge >= 0.3 is 0 Å². The number of nitrogens with zero attached hydrogens (tertiary/aromatic N) is 5. The second kappa shape index (κ2) is 5.53. The van der Waals surface area contributed by atoms with Crippen LogP contribution in [0.4, 0.5) is 4.39 Å². The molecule has 1 aliphatic carbocycles. The van der Waals surface area contributed by atoms with E-state index in [1.54, 1.807) is 22.8 Å². The average Bonchev–Trinajstić information content (AvgIpc) is 2.99. The van der Waals surface area contributed by atoms with Gasteiger partial charge in [0.2, 0.25) is 5.91 Å². The van der Waals surface area contributed by atoms with E-state index in [2.05, 4.69) is 10.1 Å². The molecule has 8 heteroatoms. The van der Waals surface area contributed by atoms with Crippen LogP contribution in [0.25, 0.3) is 0 Å². The molecule has 0 aromatic carbocycles. The SMILES string of the molecule is CC(=O)N1[C@H](Cn2cncn2)C[C@@H]2CN(C(=O)C3(F)CC3)CC[C@@H]21. The zero-order chi connectivity index (χ0) is 16.9. The lowest BCUT2D eigenvalue weighted by Gasteiger charge is -2.38. The summed E-state index contributed by atoms with van der Waals surface area (Å²) in [5.74, 6) is -0.0888. The number of halogens is 1. The van der Waals surface area contributed by atoms with Gasteiger partial charge in [0, 0.05) is 26.1 Å². The van der Waals surface area contributed by atoms with Crippen molar-refractivity contribution in [2.75, 3.05) is 13.1 Å².